The van der Waals surface area contributed by atoms with Crippen LogP contribution >= 0.6 is 15.9 Å². The summed E-state index contributed by atoms with van der Waals surface area (Å²) in [6, 6.07) is 0. The van der Waals surface area contributed by atoms with Crippen LogP contribution in [0, 0.1) is 6.92 Å². The summed E-state index contributed by atoms with van der Waals surface area (Å²) in [4.78, 5) is 15.3. The lowest BCUT2D eigenvalue weighted by molar-refractivity contribution is 0.537. The zero-order chi connectivity index (χ0) is 13.2. The SMILES string of the molecule is Cc1cnc(=O)n(CCCCCCCCCBr)c1. The van der Waals surface area contributed by atoms with Crippen LogP contribution in [0.25, 0.3) is 0 Å². The minimum Gasteiger partial charge on any atom is -0.299 e. The first-order chi connectivity index (χ1) is 8.74. The molecule has 0 radical (unpaired) electrons. The van der Waals surface area contributed by atoms with Gasteiger partial charge in [0.1, 0.15) is 0 Å². The largest absolute Gasteiger partial charge is 0.347 e. The number of aryl methyl sites for hydroxylation is 2. The molecule has 102 valence electrons. The lowest BCUT2D eigenvalue weighted by Gasteiger charge is -2.05. The van der Waals surface area contributed by atoms with E-state index in [4.69, 9.17) is 0 Å². The molecule has 0 aliphatic carbocycles. The molecule has 0 N–H and O–H groups in total. The molecule has 0 aromatic carbocycles. The van der Waals surface area contributed by atoms with Crippen LogP contribution in [0.15, 0.2) is 17.2 Å². The summed E-state index contributed by atoms with van der Waals surface area (Å²) in [6.45, 7) is 2.77. The predicted octanol–water partition coefficient (Wildman–Crippen LogP) is 3.68. The predicted molar refractivity (Wildman–Crippen MR) is 79.3 cm³/mol. The number of aromatic nitrogens is 2. The quantitative estimate of drug-likeness (QED) is 0.515. The maximum Gasteiger partial charge on any atom is 0.347 e. The van der Waals surface area contributed by atoms with Crippen LogP contribution in [0.2, 0.25) is 0 Å². The fourth-order valence-corrected chi connectivity index (χ4v) is 2.38. The van der Waals surface area contributed by atoms with E-state index >= 15 is 0 Å². The Labute approximate surface area is 118 Å². The first kappa shape index (κ1) is 15.4. The van der Waals surface area contributed by atoms with E-state index in [1.807, 2.05) is 13.1 Å². The smallest absolute Gasteiger partial charge is 0.299 e. The average molecular weight is 315 g/mol. The Hall–Kier alpha value is -0.640. The van der Waals surface area contributed by atoms with Crippen molar-refractivity contribution in [2.75, 3.05) is 5.33 Å². The standard InChI is InChI=1S/C14H23BrN2O/c1-13-11-16-14(18)17(12-13)10-8-6-4-2-3-5-7-9-15/h11-12H,2-10H2,1H3. The zero-order valence-corrected chi connectivity index (χ0v) is 12.8. The first-order valence-corrected chi connectivity index (χ1v) is 7.95. The zero-order valence-electron chi connectivity index (χ0n) is 11.2. The first-order valence-electron chi connectivity index (χ1n) is 6.83. The minimum absolute atomic E-state index is 0.127. The van der Waals surface area contributed by atoms with Crippen molar-refractivity contribution in [1.82, 2.24) is 9.55 Å². The van der Waals surface area contributed by atoms with E-state index < -0.39 is 0 Å². The number of hydrogen-bond donors (Lipinski definition) is 0. The Bertz CT molecular complexity index is 390. The van der Waals surface area contributed by atoms with Crippen LogP contribution < -0.4 is 5.69 Å². The van der Waals surface area contributed by atoms with Crippen LogP contribution in [0.3, 0.4) is 0 Å². The van der Waals surface area contributed by atoms with Crippen molar-refractivity contribution in [1.29, 1.82) is 0 Å². The summed E-state index contributed by atoms with van der Waals surface area (Å²) >= 11 is 3.44. The monoisotopic (exact) mass is 314 g/mol. The topological polar surface area (TPSA) is 34.9 Å². The van der Waals surface area contributed by atoms with Crippen LogP contribution in [0.1, 0.15) is 50.5 Å². The molecule has 1 aromatic rings. The lowest BCUT2D eigenvalue weighted by atomic mass is 10.1. The summed E-state index contributed by atoms with van der Waals surface area (Å²) < 4.78 is 1.72. The molecule has 0 bridgehead atoms. The Morgan fingerprint density at radius 2 is 1.72 bits per heavy atom. The highest BCUT2D eigenvalue weighted by atomic mass is 79.9. The number of halogens is 1. The molecule has 0 saturated carbocycles. The van der Waals surface area contributed by atoms with Gasteiger partial charge in [0.05, 0.1) is 0 Å². The minimum atomic E-state index is -0.127. The van der Waals surface area contributed by atoms with Gasteiger partial charge in [-0.3, -0.25) is 4.57 Å². The van der Waals surface area contributed by atoms with E-state index in [0.717, 1.165) is 23.9 Å². The Morgan fingerprint density at radius 3 is 2.39 bits per heavy atom. The second kappa shape index (κ2) is 9.31. The molecular formula is C14H23BrN2O. The van der Waals surface area contributed by atoms with E-state index in [-0.39, 0.29) is 5.69 Å². The molecular weight excluding hydrogens is 292 g/mol. The summed E-state index contributed by atoms with van der Waals surface area (Å²) in [5.41, 5.74) is 0.919. The van der Waals surface area contributed by atoms with Gasteiger partial charge in [0.25, 0.3) is 0 Å². The molecule has 0 spiro atoms. The second-order valence-electron chi connectivity index (χ2n) is 4.77. The van der Waals surface area contributed by atoms with Gasteiger partial charge in [-0.1, -0.05) is 48.0 Å². The fourth-order valence-electron chi connectivity index (χ4n) is 1.99. The molecule has 1 rings (SSSR count). The Morgan fingerprint density at radius 1 is 1.11 bits per heavy atom. The highest BCUT2D eigenvalue weighted by Gasteiger charge is 1.97. The molecule has 4 heteroatoms. The highest BCUT2D eigenvalue weighted by Crippen LogP contribution is 2.08. The van der Waals surface area contributed by atoms with Gasteiger partial charge in [-0.2, -0.15) is 0 Å². The van der Waals surface area contributed by atoms with E-state index in [1.165, 1.54) is 38.5 Å². The van der Waals surface area contributed by atoms with Gasteiger partial charge in [0, 0.05) is 24.3 Å². The van der Waals surface area contributed by atoms with Crippen LogP contribution in [-0.4, -0.2) is 14.9 Å². The Balaban J connectivity index is 2.11. The van der Waals surface area contributed by atoms with Crippen LogP contribution in [0.4, 0.5) is 0 Å². The van der Waals surface area contributed by atoms with Gasteiger partial charge in [-0.15, -0.1) is 0 Å². The molecule has 0 unspecified atom stereocenters. The highest BCUT2D eigenvalue weighted by molar-refractivity contribution is 9.09. The number of rotatable bonds is 9. The van der Waals surface area contributed by atoms with Gasteiger partial charge >= 0.3 is 5.69 Å². The van der Waals surface area contributed by atoms with E-state index in [0.29, 0.717) is 0 Å². The molecule has 0 fully saturated rings. The van der Waals surface area contributed by atoms with Crippen LogP contribution in [0.5, 0.6) is 0 Å². The van der Waals surface area contributed by atoms with Gasteiger partial charge < -0.3 is 0 Å². The van der Waals surface area contributed by atoms with Crippen molar-refractivity contribution in [3.63, 3.8) is 0 Å². The van der Waals surface area contributed by atoms with Gasteiger partial charge in [0.15, 0.2) is 0 Å². The van der Waals surface area contributed by atoms with E-state index in [9.17, 15) is 4.79 Å². The third-order valence-electron chi connectivity index (χ3n) is 3.02. The summed E-state index contributed by atoms with van der Waals surface area (Å²) in [7, 11) is 0. The molecule has 18 heavy (non-hydrogen) atoms. The van der Waals surface area contributed by atoms with Crippen molar-refractivity contribution in [3.05, 3.63) is 28.4 Å². The van der Waals surface area contributed by atoms with E-state index in [2.05, 4.69) is 20.9 Å². The molecule has 0 aliphatic rings. The molecule has 0 aliphatic heterocycles. The third-order valence-corrected chi connectivity index (χ3v) is 3.58. The Kier molecular flexibility index (Phi) is 7.98. The van der Waals surface area contributed by atoms with Crippen molar-refractivity contribution < 1.29 is 0 Å². The van der Waals surface area contributed by atoms with Crippen molar-refractivity contribution in [2.45, 2.75) is 58.4 Å². The van der Waals surface area contributed by atoms with Gasteiger partial charge in [-0.25, -0.2) is 9.78 Å². The molecule has 3 nitrogen and oxygen atoms in total. The third kappa shape index (κ3) is 6.34. The molecule has 0 saturated heterocycles. The average Bonchev–Trinajstić information content (AvgIpc) is 2.36. The lowest BCUT2D eigenvalue weighted by Crippen LogP contribution is -2.22. The van der Waals surface area contributed by atoms with Crippen LogP contribution in [-0.2, 0) is 6.54 Å². The van der Waals surface area contributed by atoms with Gasteiger partial charge in [-0.05, 0) is 25.3 Å². The van der Waals surface area contributed by atoms with Crippen molar-refractivity contribution in [2.24, 2.45) is 0 Å². The number of hydrogen-bond acceptors (Lipinski definition) is 2. The maximum absolute atomic E-state index is 11.5. The fraction of sp³-hybridized carbons (Fsp3) is 0.714. The number of nitrogens with zero attached hydrogens (tertiary/aromatic N) is 2. The number of unbranched alkanes of at least 4 members (excludes halogenated alkanes) is 6. The van der Waals surface area contributed by atoms with Gasteiger partial charge in [0.2, 0.25) is 0 Å². The van der Waals surface area contributed by atoms with E-state index in [1.54, 1.807) is 10.8 Å². The summed E-state index contributed by atoms with van der Waals surface area (Å²) in [6.07, 6.45) is 12.3. The van der Waals surface area contributed by atoms with Crippen molar-refractivity contribution in [3.8, 4) is 0 Å². The summed E-state index contributed by atoms with van der Waals surface area (Å²) in [5.74, 6) is 0. The molecule has 1 aromatic heterocycles. The number of alkyl halides is 1. The van der Waals surface area contributed by atoms with Crippen molar-refractivity contribution >= 4 is 15.9 Å². The maximum atomic E-state index is 11.5. The normalized spacial score (nSPS) is 10.8. The molecule has 0 amide bonds. The second-order valence-corrected chi connectivity index (χ2v) is 5.56. The molecule has 1 heterocycles. The molecule has 0 atom stereocenters. The summed E-state index contributed by atoms with van der Waals surface area (Å²) in [5, 5.41) is 1.12.